The van der Waals surface area contributed by atoms with Crippen LogP contribution >= 0.6 is 0 Å². The molecule has 1 aliphatic rings. The molecule has 0 saturated carbocycles. The molecule has 166 valence electrons. The van der Waals surface area contributed by atoms with Gasteiger partial charge in [0.1, 0.15) is 12.2 Å². The van der Waals surface area contributed by atoms with Crippen molar-refractivity contribution in [3.8, 4) is 11.5 Å². The Morgan fingerprint density at radius 3 is 2.44 bits per heavy atom. The van der Waals surface area contributed by atoms with Gasteiger partial charge in [-0.15, -0.1) is 0 Å². The largest absolute Gasteiger partial charge is 0.493 e. The first kappa shape index (κ1) is 22.8. The highest BCUT2D eigenvalue weighted by molar-refractivity contribution is 6.39. The first-order valence-corrected chi connectivity index (χ1v) is 10.3. The Morgan fingerprint density at radius 1 is 1.09 bits per heavy atom. The van der Waals surface area contributed by atoms with Gasteiger partial charge in [0.2, 0.25) is 0 Å². The highest BCUT2D eigenvalue weighted by atomic mass is 16.5. The summed E-state index contributed by atoms with van der Waals surface area (Å²) >= 11 is 0. The molecule has 0 bridgehead atoms. The maximum absolute atomic E-state index is 13.1. The fourth-order valence-electron chi connectivity index (χ4n) is 3.29. The zero-order valence-corrected chi connectivity index (χ0v) is 18.4. The predicted molar refractivity (Wildman–Crippen MR) is 123 cm³/mol. The summed E-state index contributed by atoms with van der Waals surface area (Å²) in [5.74, 6) is -0.134. The Hall–Kier alpha value is -3.87. The molecule has 2 aromatic rings. The van der Waals surface area contributed by atoms with Crippen molar-refractivity contribution in [3.63, 3.8) is 0 Å². The second-order valence-electron chi connectivity index (χ2n) is 7.37. The number of carbonyl (C=O) groups excluding carboxylic acids is 3. The Morgan fingerprint density at radius 2 is 1.81 bits per heavy atom. The van der Waals surface area contributed by atoms with Crippen LogP contribution in [0.4, 0.5) is 10.5 Å². The molecule has 32 heavy (non-hydrogen) atoms. The molecule has 1 atom stereocenters. The van der Waals surface area contributed by atoms with E-state index in [1.807, 2.05) is 12.1 Å². The standard InChI is InChI=1S/C25H26N2O5/c1-5-13-32-21-12-7-17(15-22(21)31-4)14-20-23(28)26-25(30)27(24(20)29)19-10-8-18(9-11-19)16(3)6-2/h5,7-12,14-16H,1,6,13H2,2-4H3,(H,26,28,30)/b20-14+/t16-/m0/s1. The normalized spacial score (nSPS) is 16.0. The van der Waals surface area contributed by atoms with E-state index in [1.165, 1.54) is 13.2 Å². The zero-order valence-electron chi connectivity index (χ0n) is 18.4. The number of methoxy groups -OCH3 is 1. The first-order valence-electron chi connectivity index (χ1n) is 10.3. The van der Waals surface area contributed by atoms with Gasteiger partial charge in [-0.3, -0.25) is 14.9 Å². The van der Waals surface area contributed by atoms with Gasteiger partial charge < -0.3 is 9.47 Å². The molecule has 2 aromatic carbocycles. The third-order valence-electron chi connectivity index (χ3n) is 5.29. The Balaban J connectivity index is 1.92. The molecule has 0 unspecified atom stereocenters. The minimum Gasteiger partial charge on any atom is -0.493 e. The summed E-state index contributed by atoms with van der Waals surface area (Å²) in [4.78, 5) is 38.9. The third-order valence-corrected chi connectivity index (χ3v) is 5.29. The average molecular weight is 434 g/mol. The van der Waals surface area contributed by atoms with Crippen LogP contribution in [0, 0.1) is 0 Å². The van der Waals surface area contributed by atoms with Crippen molar-refractivity contribution in [2.75, 3.05) is 18.6 Å². The number of benzene rings is 2. The molecule has 0 radical (unpaired) electrons. The fourth-order valence-corrected chi connectivity index (χ4v) is 3.29. The van der Waals surface area contributed by atoms with E-state index in [0.717, 1.165) is 16.9 Å². The molecule has 1 fully saturated rings. The lowest BCUT2D eigenvalue weighted by Crippen LogP contribution is -2.54. The molecular formula is C25H26N2O5. The topological polar surface area (TPSA) is 84.9 Å². The number of barbiturate groups is 1. The number of hydrogen-bond donors (Lipinski definition) is 1. The summed E-state index contributed by atoms with van der Waals surface area (Å²) in [6.45, 7) is 8.12. The van der Waals surface area contributed by atoms with Crippen molar-refractivity contribution < 1.29 is 23.9 Å². The van der Waals surface area contributed by atoms with E-state index in [2.05, 4.69) is 25.7 Å². The zero-order chi connectivity index (χ0) is 23.3. The van der Waals surface area contributed by atoms with Crippen LogP contribution in [-0.2, 0) is 9.59 Å². The van der Waals surface area contributed by atoms with E-state index in [-0.39, 0.29) is 5.57 Å². The van der Waals surface area contributed by atoms with Gasteiger partial charge >= 0.3 is 6.03 Å². The molecule has 1 N–H and O–H groups in total. The number of carbonyl (C=O) groups is 3. The van der Waals surface area contributed by atoms with Crippen LogP contribution in [0.3, 0.4) is 0 Å². The second-order valence-corrected chi connectivity index (χ2v) is 7.37. The number of hydrogen-bond acceptors (Lipinski definition) is 5. The third kappa shape index (κ3) is 4.72. The van der Waals surface area contributed by atoms with E-state index in [9.17, 15) is 14.4 Å². The lowest BCUT2D eigenvalue weighted by Gasteiger charge is -2.26. The summed E-state index contributed by atoms with van der Waals surface area (Å²) in [5.41, 5.74) is 1.90. The van der Waals surface area contributed by atoms with Gasteiger partial charge in [-0.05, 0) is 53.8 Å². The van der Waals surface area contributed by atoms with Crippen LogP contribution in [0.15, 0.2) is 60.7 Å². The summed E-state index contributed by atoms with van der Waals surface area (Å²) in [7, 11) is 1.49. The minimum atomic E-state index is -0.779. The van der Waals surface area contributed by atoms with Crippen LogP contribution in [0.2, 0.25) is 0 Å². The molecule has 1 heterocycles. The van der Waals surface area contributed by atoms with Crippen LogP contribution in [0.25, 0.3) is 6.08 Å². The molecular weight excluding hydrogens is 408 g/mol. The van der Waals surface area contributed by atoms with Crippen LogP contribution in [-0.4, -0.2) is 31.6 Å². The van der Waals surface area contributed by atoms with E-state index in [1.54, 1.807) is 36.4 Å². The SMILES string of the molecule is C=CCOc1ccc(/C=C2\C(=O)NC(=O)N(c3ccc([C@@H](C)CC)cc3)C2=O)cc1OC. The van der Waals surface area contributed by atoms with E-state index >= 15 is 0 Å². The van der Waals surface area contributed by atoms with Crippen LogP contribution in [0.1, 0.15) is 37.3 Å². The molecule has 0 aliphatic carbocycles. The molecule has 1 saturated heterocycles. The summed E-state index contributed by atoms with van der Waals surface area (Å²) in [5, 5.41) is 2.24. The summed E-state index contributed by atoms with van der Waals surface area (Å²) in [6, 6.07) is 11.4. The number of urea groups is 1. The molecule has 7 nitrogen and oxygen atoms in total. The maximum Gasteiger partial charge on any atom is 0.335 e. The summed E-state index contributed by atoms with van der Waals surface area (Å²) < 4.78 is 10.9. The Bertz CT molecular complexity index is 1070. The molecule has 0 spiro atoms. The van der Waals surface area contributed by atoms with Gasteiger partial charge in [0, 0.05) is 0 Å². The van der Waals surface area contributed by atoms with Gasteiger partial charge in [-0.25, -0.2) is 9.69 Å². The van der Waals surface area contributed by atoms with E-state index in [0.29, 0.717) is 35.3 Å². The summed E-state index contributed by atoms with van der Waals surface area (Å²) in [6.07, 6.45) is 4.01. The van der Waals surface area contributed by atoms with Crippen LogP contribution in [0.5, 0.6) is 11.5 Å². The predicted octanol–water partition coefficient (Wildman–Crippen LogP) is 4.44. The van der Waals surface area contributed by atoms with Crippen molar-refractivity contribution in [3.05, 3.63) is 71.8 Å². The van der Waals surface area contributed by atoms with Gasteiger partial charge in [-0.1, -0.05) is 44.7 Å². The lowest BCUT2D eigenvalue weighted by atomic mass is 9.98. The number of rotatable bonds is 8. The second kappa shape index (κ2) is 9.96. The minimum absolute atomic E-state index is 0.155. The maximum atomic E-state index is 13.1. The molecule has 0 aromatic heterocycles. The molecule has 7 heteroatoms. The van der Waals surface area contributed by atoms with Crippen molar-refractivity contribution in [2.45, 2.75) is 26.2 Å². The molecule has 3 rings (SSSR count). The van der Waals surface area contributed by atoms with Crippen LogP contribution < -0.4 is 19.7 Å². The van der Waals surface area contributed by atoms with Gasteiger partial charge in [-0.2, -0.15) is 0 Å². The smallest absolute Gasteiger partial charge is 0.335 e. The van der Waals surface area contributed by atoms with E-state index in [4.69, 9.17) is 9.47 Å². The number of anilines is 1. The highest BCUT2D eigenvalue weighted by Crippen LogP contribution is 2.30. The van der Waals surface area contributed by atoms with Crippen molar-refractivity contribution >= 4 is 29.6 Å². The fraction of sp³-hybridized carbons (Fsp3) is 0.240. The monoisotopic (exact) mass is 434 g/mol. The quantitative estimate of drug-likeness (QED) is 0.377. The molecule has 1 aliphatic heterocycles. The van der Waals surface area contributed by atoms with Gasteiger partial charge in [0.25, 0.3) is 11.8 Å². The number of ether oxygens (including phenoxy) is 2. The number of imide groups is 2. The van der Waals surface area contributed by atoms with E-state index < -0.39 is 17.8 Å². The highest BCUT2D eigenvalue weighted by Gasteiger charge is 2.36. The van der Waals surface area contributed by atoms with Gasteiger partial charge in [0.15, 0.2) is 11.5 Å². The van der Waals surface area contributed by atoms with Crippen molar-refractivity contribution in [1.82, 2.24) is 5.32 Å². The van der Waals surface area contributed by atoms with Crippen molar-refractivity contribution in [2.24, 2.45) is 0 Å². The first-order chi connectivity index (χ1) is 15.4. The van der Waals surface area contributed by atoms with Crippen molar-refractivity contribution in [1.29, 1.82) is 0 Å². The number of amides is 4. The number of nitrogens with one attached hydrogen (secondary N) is 1. The van der Waals surface area contributed by atoms with Gasteiger partial charge in [0.05, 0.1) is 12.8 Å². The lowest BCUT2D eigenvalue weighted by molar-refractivity contribution is -0.122. The Kier molecular flexibility index (Phi) is 7.10. The molecule has 4 amide bonds. The Labute approximate surface area is 187 Å². The average Bonchev–Trinajstić information content (AvgIpc) is 2.80. The number of nitrogens with zero attached hydrogens (tertiary/aromatic N) is 1.